The van der Waals surface area contributed by atoms with Crippen LogP contribution in [0.2, 0.25) is 0 Å². The molecule has 0 bridgehead atoms. The molecule has 1 aliphatic rings. The molecule has 1 aromatic rings. The van der Waals surface area contributed by atoms with Crippen molar-refractivity contribution >= 4 is 17.3 Å². The minimum atomic E-state index is -1.26. The smallest absolute Gasteiger partial charge is 0.342 e. The molecule has 1 fully saturated rings. The van der Waals surface area contributed by atoms with E-state index in [1.54, 1.807) is 12.1 Å². The predicted octanol–water partition coefficient (Wildman–Crippen LogP) is 2.92. The number of rotatable bonds is 6. The number of nitro benzene ring substituents is 1. The molecule has 1 saturated carbocycles. The highest BCUT2D eigenvalue weighted by molar-refractivity contribution is 5.95. The summed E-state index contributed by atoms with van der Waals surface area (Å²) in [6, 6.07) is 4.79. The molecular weight excluding hydrogens is 260 g/mol. The second-order valence-corrected chi connectivity index (χ2v) is 5.51. The van der Waals surface area contributed by atoms with Crippen LogP contribution >= 0.6 is 0 Å². The van der Waals surface area contributed by atoms with Crippen LogP contribution in [0.25, 0.3) is 0 Å². The Morgan fingerprint density at radius 1 is 1.50 bits per heavy atom. The summed E-state index contributed by atoms with van der Waals surface area (Å²) in [4.78, 5) is 23.9. The summed E-state index contributed by atoms with van der Waals surface area (Å²) in [5.74, 6) is -0.914. The van der Waals surface area contributed by atoms with Crippen LogP contribution in [0.5, 0.6) is 0 Å². The third-order valence-electron chi connectivity index (χ3n) is 3.29. The average molecular weight is 278 g/mol. The van der Waals surface area contributed by atoms with Crippen LogP contribution in [0, 0.1) is 16.0 Å². The van der Waals surface area contributed by atoms with Crippen molar-refractivity contribution in [1.29, 1.82) is 0 Å². The maximum atomic E-state index is 11.3. The summed E-state index contributed by atoms with van der Waals surface area (Å²) in [5.41, 5.74) is -0.124. The normalized spacial score (nSPS) is 14.3. The lowest BCUT2D eigenvalue weighted by molar-refractivity contribution is -0.384. The summed E-state index contributed by atoms with van der Waals surface area (Å²) < 4.78 is 0. The van der Waals surface area contributed by atoms with Gasteiger partial charge in [-0.3, -0.25) is 10.1 Å². The molecule has 0 aliphatic heterocycles. The summed E-state index contributed by atoms with van der Waals surface area (Å²) in [6.07, 6.45) is 2.00. The maximum absolute atomic E-state index is 11.3. The molecule has 0 aromatic heterocycles. The number of para-hydroxylation sites is 1. The molecule has 1 N–H and O–H groups in total. The first-order valence-electron chi connectivity index (χ1n) is 6.69. The predicted molar refractivity (Wildman–Crippen MR) is 75.3 cm³/mol. The summed E-state index contributed by atoms with van der Waals surface area (Å²) in [5, 5.41) is 20.4. The van der Waals surface area contributed by atoms with Gasteiger partial charge in [-0.05, 0) is 30.9 Å². The van der Waals surface area contributed by atoms with Crippen LogP contribution in [0.4, 0.5) is 11.4 Å². The first kappa shape index (κ1) is 14.3. The van der Waals surface area contributed by atoms with Gasteiger partial charge >= 0.3 is 11.7 Å². The Balaban J connectivity index is 2.50. The Hall–Kier alpha value is -2.11. The zero-order valence-corrected chi connectivity index (χ0v) is 11.6. The SMILES string of the molecule is CC(C)CN(c1cccc(C(=O)O)c1[N+](=O)[O-])C1CC1. The third-order valence-corrected chi connectivity index (χ3v) is 3.29. The van der Waals surface area contributed by atoms with Gasteiger partial charge in [0, 0.05) is 12.6 Å². The van der Waals surface area contributed by atoms with Crippen molar-refractivity contribution < 1.29 is 14.8 Å². The van der Waals surface area contributed by atoms with Gasteiger partial charge in [0.1, 0.15) is 11.3 Å². The van der Waals surface area contributed by atoms with E-state index >= 15 is 0 Å². The number of hydrogen-bond acceptors (Lipinski definition) is 4. The van der Waals surface area contributed by atoms with Crippen molar-refractivity contribution in [2.75, 3.05) is 11.4 Å². The largest absolute Gasteiger partial charge is 0.477 e. The van der Waals surface area contributed by atoms with Crippen molar-refractivity contribution in [2.24, 2.45) is 5.92 Å². The van der Waals surface area contributed by atoms with Crippen LogP contribution in [0.1, 0.15) is 37.0 Å². The number of aromatic carboxylic acids is 1. The molecule has 1 aromatic carbocycles. The maximum Gasteiger partial charge on any atom is 0.342 e. The number of nitrogens with zero attached hydrogens (tertiary/aromatic N) is 2. The summed E-state index contributed by atoms with van der Waals surface area (Å²) in [7, 11) is 0. The van der Waals surface area contributed by atoms with Gasteiger partial charge in [-0.1, -0.05) is 19.9 Å². The zero-order chi connectivity index (χ0) is 14.9. The van der Waals surface area contributed by atoms with Crippen molar-refractivity contribution in [3.05, 3.63) is 33.9 Å². The lowest BCUT2D eigenvalue weighted by Gasteiger charge is -2.26. The molecule has 0 atom stereocenters. The fraction of sp³-hybridized carbons (Fsp3) is 0.500. The Kier molecular flexibility index (Phi) is 3.92. The van der Waals surface area contributed by atoms with Gasteiger partial charge in [-0.2, -0.15) is 0 Å². The number of carboxylic acid groups (broad SMARTS) is 1. The molecule has 2 rings (SSSR count). The van der Waals surface area contributed by atoms with Crippen LogP contribution in [0.3, 0.4) is 0 Å². The van der Waals surface area contributed by atoms with Crippen LogP contribution in [-0.4, -0.2) is 28.6 Å². The minimum Gasteiger partial charge on any atom is -0.477 e. The van der Waals surface area contributed by atoms with E-state index in [-0.39, 0.29) is 11.3 Å². The highest BCUT2D eigenvalue weighted by Gasteiger charge is 2.35. The van der Waals surface area contributed by atoms with E-state index in [0.717, 1.165) is 12.8 Å². The van der Waals surface area contributed by atoms with Crippen molar-refractivity contribution in [2.45, 2.75) is 32.7 Å². The zero-order valence-electron chi connectivity index (χ0n) is 11.6. The Bertz CT molecular complexity index is 538. The van der Waals surface area contributed by atoms with E-state index in [0.29, 0.717) is 24.2 Å². The molecule has 1 aliphatic carbocycles. The second-order valence-electron chi connectivity index (χ2n) is 5.51. The standard InChI is InChI=1S/C14H18N2O4/c1-9(2)8-15(10-6-7-10)12-5-3-4-11(14(17)18)13(12)16(19)20/h3-5,9-10H,6-8H2,1-2H3,(H,17,18). The minimum absolute atomic E-state index is 0.248. The molecule has 108 valence electrons. The number of hydrogen-bond donors (Lipinski definition) is 1. The van der Waals surface area contributed by atoms with Crippen molar-refractivity contribution in [3.63, 3.8) is 0 Å². The monoisotopic (exact) mass is 278 g/mol. The van der Waals surface area contributed by atoms with Crippen molar-refractivity contribution in [3.8, 4) is 0 Å². The summed E-state index contributed by atoms with van der Waals surface area (Å²) >= 11 is 0. The molecule has 0 amide bonds. The number of carbonyl (C=O) groups is 1. The number of carboxylic acids is 1. The highest BCUT2D eigenvalue weighted by atomic mass is 16.6. The molecule has 6 heteroatoms. The van der Waals surface area contributed by atoms with E-state index in [1.807, 2.05) is 18.7 Å². The highest BCUT2D eigenvalue weighted by Crippen LogP contribution is 2.39. The van der Waals surface area contributed by atoms with E-state index < -0.39 is 10.9 Å². The van der Waals surface area contributed by atoms with Crippen LogP contribution in [0.15, 0.2) is 18.2 Å². The van der Waals surface area contributed by atoms with Gasteiger partial charge in [-0.25, -0.2) is 4.79 Å². The Morgan fingerprint density at radius 2 is 2.15 bits per heavy atom. The van der Waals surface area contributed by atoms with Gasteiger partial charge in [0.15, 0.2) is 0 Å². The molecule has 0 radical (unpaired) electrons. The van der Waals surface area contributed by atoms with E-state index in [1.165, 1.54) is 6.07 Å². The number of benzene rings is 1. The van der Waals surface area contributed by atoms with E-state index in [4.69, 9.17) is 5.11 Å². The number of anilines is 1. The van der Waals surface area contributed by atoms with Gasteiger partial charge in [-0.15, -0.1) is 0 Å². The summed E-state index contributed by atoms with van der Waals surface area (Å²) in [6.45, 7) is 4.78. The van der Waals surface area contributed by atoms with Gasteiger partial charge in [0.25, 0.3) is 0 Å². The lowest BCUT2D eigenvalue weighted by Crippen LogP contribution is -2.30. The molecule has 6 nitrogen and oxygen atoms in total. The fourth-order valence-electron chi connectivity index (χ4n) is 2.35. The van der Waals surface area contributed by atoms with Crippen molar-refractivity contribution in [1.82, 2.24) is 0 Å². The quantitative estimate of drug-likeness (QED) is 0.639. The second kappa shape index (κ2) is 5.48. The first-order valence-corrected chi connectivity index (χ1v) is 6.69. The number of nitro groups is 1. The van der Waals surface area contributed by atoms with Crippen LogP contribution < -0.4 is 4.90 Å². The molecule has 0 unspecified atom stereocenters. The first-order chi connectivity index (χ1) is 9.41. The van der Waals surface area contributed by atoms with Gasteiger partial charge < -0.3 is 10.0 Å². The van der Waals surface area contributed by atoms with Crippen LogP contribution in [-0.2, 0) is 0 Å². The fourth-order valence-corrected chi connectivity index (χ4v) is 2.35. The van der Waals surface area contributed by atoms with Gasteiger partial charge in [0.05, 0.1) is 4.92 Å². The molecule has 0 saturated heterocycles. The Labute approximate surface area is 117 Å². The Morgan fingerprint density at radius 3 is 2.60 bits per heavy atom. The van der Waals surface area contributed by atoms with E-state index in [9.17, 15) is 14.9 Å². The third kappa shape index (κ3) is 2.89. The molecule has 20 heavy (non-hydrogen) atoms. The molecule has 0 heterocycles. The van der Waals surface area contributed by atoms with Gasteiger partial charge in [0.2, 0.25) is 0 Å². The topological polar surface area (TPSA) is 83.7 Å². The lowest BCUT2D eigenvalue weighted by atomic mass is 10.1. The molecular formula is C14H18N2O4. The average Bonchev–Trinajstić information content (AvgIpc) is 3.18. The van der Waals surface area contributed by atoms with E-state index in [2.05, 4.69) is 0 Å². The molecule has 0 spiro atoms.